The topological polar surface area (TPSA) is 20.2 Å². The molecule has 0 aliphatic carbocycles. The van der Waals surface area contributed by atoms with E-state index in [0.717, 1.165) is 6.42 Å². The maximum Gasteiger partial charge on any atom is 0.115 e. The van der Waals surface area contributed by atoms with Gasteiger partial charge >= 0.3 is 0 Å². The van der Waals surface area contributed by atoms with Crippen LogP contribution < -0.4 is 0 Å². The van der Waals surface area contributed by atoms with Crippen molar-refractivity contribution in [2.24, 2.45) is 5.92 Å². The molecule has 0 unspecified atom stereocenters. The Morgan fingerprint density at radius 1 is 1.33 bits per heavy atom. The molecular formula is C11H16O. The van der Waals surface area contributed by atoms with Gasteiger partial charge < -0.3 is 5.11 Å². The standard InChI is InChI=1S/C11H16O/c1-8(2)6-10-4-5-11(12)7-9(10)3/h4-5,7-8,12H,6H2,1-3H3. The number of aromatic hydroxyl groups is 1. The van der Waals surface area contributed by atoms with Crippen molar-refractivity contribution in [3.8, 4) is 5.75 Å². The van der Waals surface area contributed by atoms with E-state index in [1.807, 2.05) is 19.1 Å². The van der Waals surface area contributed by atoms with Crippen LogP contribution in [0, 0.1) is 12.8 Å². The van der Waals surface area contributed by atoms with Crippen LogP contribution in [0.15, 0.2) is 18.2 Å². The lowest BCUT2D eigenvalue weighted by molar-refractivity contribution is 0.474. The quantitative estimate of drug-likeness (QED) is 0.712. The average molecular weight is 164 g/mol. The van der Waals surface area contributed by atoms with E-state index in [0.29, 0.717) is 11.7 Å². The molecule has 0 spiro atoms. The molecule has 0 aromatic heterocycles. The van der Waals surface area contributed by atoms with Crippen LogP contribution in [0.5, 0.6) is 5.75 Å². The summed E-state index contributed by atoms with van der Waals surface area (Å²) in [6.07, 6.45) is 1.09. The van der Waals surface area contributed by atoms with E-state index in [9.17, 15) is 5.11 Å². The van der Waals surface area contributed by atoms with Crippen LogP contribution in [0.2, 0.25) is 0 Å². The van der Waals surface area contributed by atoms with Gasteiger partial charge in [0.1, 0.15) is 5.75 Å². The van der Waals surface area contributed by atoms with E-state index >= 15 is 0 Å². The van der Waals surface area contributed by atoms with Gasteiger partial charge in [-0.25, -0.2) is 0 Å². The number of hydrogen-bond acceptors (Lipinski definition) is 1. The van der Waals surface area contributed by atoms with Crippen LogP contribution in [0.3, 0.4) is 0 Å². The second-order valence-electron chi connectivity index (χ2n) is 3.71. The van der Waals surface area contributed by atoms with Crippen molar-refractivity contribution >= 4 is 0 Å². The van der Waals surface area contributed by atoms with Gasteiger partial charge in [0.25, 0.3) is 0 Å². The van der Waals surface area contributed by atoms with E-state index in [1.54, 1.807) is 6.07 Å². The summed E-state index contributed by atoms with van der Waals surface area (Å²) in [5.74, 6) is 1.04. The smallest absolute Gasteiger partial charge is 0.115 e. The van der Waals surface area contributed by atoms with Crippen LogP contribution in [0.25, 0.3) is 0 Å². The molecule has 0 atom stereocenters. The highest BCUT2D eigenvalue weighted by molar-refractivity contribution is 5.33. The van der Waals surface area contributed by atoms with Crippen molar-refractivity contribution in [2.75, 3.05) is 0 Å². The second kappa shape index (κ2) is 3.61. The van der Waals surface area contributed by atoms with Crippen molar-refractivity contribution in [1.82, 2.24) is 0 Å². The van der Waals surface area contributed by atoms with Crippen LogP contribution in [0.1, 0.15) is 25.0 Å². The largest absolute Gasteiger partial charge is 0.508 e. The molecule has 0 aliphatic heterocycles. The molecule has 1 rings (SSSR count). The molecule has 0 heterocycles. The summed E-state index contributed by atoms with van der Waals surface area (Å²) in [6.45, 7) is 6.44. The molecule has 0 saturated heterocycles. The van der Waals surface area contributed by atoms with Crippen molar-refractivity contribution in [3.63, 3.8) is 0 Å². The summed E-state index contributed by atoms with van der Waals surface area (Å²) in [7, 11) is 0. The molecule has 1 aromatic rings. The lowest BCUT2D eigenvalue weighted by Gasteiger charge is -2.08. The lowest BCUT2D eigenvalue weighted by Crippen LogP contribution is -1.96. The van der Waals surface area contributed by atoms with Crippen molar-refractivity contribution in [2.45, 2.75) is 27.2 Å². The third-order valence-electron chi connectivity index (χ3n) is 1.95. The average Bonchev–Trinajstić information content (AvgIpc) is 1.94. The first-order valence-corrected chi connectivity index (χ1v) is 4.38. The van der Waals surface area contributed by atoms with E-state index in [-0.39, 0.29) is 0 Å². The zero-order chi connectivity index (χ0) is 9.14. The summed E-state index contributed by atoms with van der Waals surface area (Å²) in [4.78, 5) is 0. The van der Waals surface area contributed by atoms with E-state index in [4.69, 9.17) is 0 Å². The molecule has 66 valence electrons. The summed E-state index contributed by atoms with van der Waals surface area (Å²) in [5, 5.41) is 9.17. The van der Waals surface area contributed by atoms with E-state index < -0.39 is 0 Å². The minimum absolute atomic E-state index is 0.361. The molecule has 12 heavy (non-hydrogen) atoms. The first-order chi connectivity index (χ1) is 5.59. The van der Waals surface area contributed by atoms with Gasteiger partial charge in [-0.15, -0.1) is 0 Å². The molecule has 1 nitrogen and oxygen atoms in total. The Kier molecular flexibility index (Phi) is 2.74. The van der Waals surface area contributed by atoms with Gasteiger partial charge in [-0.3, -0.25) is 0 Å². The normalized spacial score (nSPS) is 10.7. The SMILES string of the molecule is Cc1cc(O)ccc1CC(C)C. The highest BCUT2D eigenvalue weighted by Crippen LogP contribution is 2.18. The predicted octanol–water partition coefficient (Wildman–Crippen LogP) is 2.90. The minimum atomic E-state index is 0.361. The lowest BCUT2D eigenvalue weighted by atomic mass is 9.99. The zero-order valence-electron chi connectivity index (χ0n) is 7.96. The fourth-order valence-electron chi connectivity index (χ4n) is 1.35. The maximum atomic E-state index is 9.17. The number of phenolic OH excluding ortho intramolecular Hbond substituents is 1. The molecule has 1 heteroatoms. The monoisotopic (exact) mass is 164 g/mol. The summed E-state index contributed by atoms with van der Waals surface area (Å²) in [5.41, 5.74) is 2.52. The van der Waals surface area contributed by atoms with Gasteiger partial charge in [-0.2, -0.15) is 0 Å². The molecule has 1 aromatic carbocycles. The number of benzene rings is 1. The Morgan fingerprint density at radius 2 is 2.00 bits per heavy atom. The molecule has 0 aliphatic rings. The molecule has 0 amide bonds. The first-order valence-electron chi connectivity index (χ1n) is 4.38. The van der Waals surface area contributed by atoms with E-state index in [2.05, 4.69) is 13.8 Å². The molecule has 1 N–H and O–H groups in total. The van der Waals surface area contributed by atoms with Gasteiger partial charge in [0.2, 0.25) is 0 Å². The highest BCUT2D eigenvalue weighted by Gasteiger charge is 2.01. The van der Waals surface area contributed by atoms with Gasteiger partial charge in [0.05, 0.1) is 0 Å². The third-order valence-corrected chi connectivity index (χ3v) is 1.95. The molecule has 0 saturated carbocycles. The predicted molar refractivity (Wildman–Crippen MR) is 51.4 cm³/mol. The summed E-state index contributed by atoms with van der Waals surface area (Å²) in [6, 6.07) is 5.58. The van der Waals surface area contributed by atoms with Gasteiger partial charge in [0.15, 0.2) is 0 Å². The van der Waals surface area contributed by atoms with Gasteiger partial charge in [-0.1, -0.05) is 19.9 Å². The number of hydrogen-bond donors (Lipinski definition) is 1. The molecule has 0 fully saturated rings. The van der Waals surface area contributed by atoms with Crippen LogP contribution in [-0.2, 0) is 6.42 Å². The minimum Gasteiger partial charge on any atom is -0.508 e. The molecular weight excluding hydrogens is 148 g/mol. The second-order valence-corrected chi connectivity index (χ2v) is 3.71. The van der Waals surface area contributed by atoms with Crippen LogP contribution in [0.4, 0.5) is 0 Å². The van der Waals surface area contributed by atoms with Crippen molar-refractivity contribution < 1.29 is 5.11 Å². The Balaban J connectivity index is 2.86. The molecule has 0 bridgehead atoms. The van der Waals surface area contributed by atoms with Gasteiger partial charge in [-0.05, 0) is 42.5 Å². The Bertz CT molecular complexity index is 264. The third kappa shape index (κ3) is 2.26. The Labute approximate surface area is 74.1 Å². The first kappa shape index (κ1) is 9.11. The number of rotatable bonds is 2. The summed E-state index contributed by atoms with van der Waals surface area (Å²) < 4.78 is 0. The fourth-order valence-corrected chi connectivity index (χ4v) is 1.35. The number of phenols is 1. The molecule has 0 radical (unpaired) electrons. The van der Waals surface area contributed by atoms with Crippen LogP contribution >= 0.6 is 0 Å². The Hall–Kier alpha value is -0.980. The number of aryl methyl sites for hydroxylation is 1. The van der Waals surface area contributed by atoms with Crippen molar-refractivity contribution in [1.29, 1.82) is 0 Å². The van der Waals surface area contributed by atoms with Gasteiger partial charge in [0, 0.05) is 0 Å². The Morgan fingerprint density at radius 3 is 2.50 bits per heavy atom. The zero-order valence-corrected chi connectivity index (χ0v) is 7.96. The fraction of sp³-hybridized carbons (Fsp3) is 0.455. The van der Waals surface area contributed by atoms with Crippen LogP contribution in [-0.4, -0.2) is 5.11 Å². The van der Waals surface area contributed by atoms with E-state index in [1.165, 1.54) is 11.1 Å². The highest BCUT2D eigenvalue weighted by atomic mass is 16.3. The van der Waals surface area contributed by atoms with Crippen molar-refractivity contribution in [3.05, 3.63) is 29.3 Å². The maximum absolute atomic E-state index is 9.17. The summed E-state index contributed by atoms with van der Waals surface area (Å²) >= 11 is 0.